The highest BCUT2D eigenvalue weighted by Crippen LogP contribution is 2.33. The monoisotopic (exact) mass is 393 g/mol. The molecule has 1 aromatic carbocycles. The van der Waals surface area contributed by atoms with E-state index in [1.54, 1.807) is 0 Å². The van der Waals surface area contributed by atoms with Gasteiger partial charge in [0.15, 0.2) is 6.61 Å². The number of primary amides is 1. The van der Waals surface area contributed by atoms with Gasteiger partial charge in [0.2, 0.25) is 5.91 Å². The SMILES string of the molecule is NC(=O)CN1CCC(NC(=O)COc2cc(Cl)c(Cl)cc2Cl)CC1. The Kier molecular flexibility index (Phi) is 6.98. The van der Waals surface area contributed by atoms with Crippen LogP contribution in [0.5, 0.6) is 5.75 Å². The van der Waals surface area contributed by atoms with Crippen molar-refractivity contribution in [3.8, 4) is 5.75 Å². The van der Waals surface area contributed by atoms with Gasteiger partial charge in [0.05, 0.1) is 21.6 Å². The van der Waals surface area contributed by atoms with Crippen molar-refractivity contribution in [2.24, 2.45) is 5.73 Å². The lowest BCUT2D eigenvalue weighted by Crippen LogP contribution is -2.47. The number of nitrogens with two attached hydrogens (primary N) is 1. The van der Waals surface area contributed by atoms with E-state index in [4.69, 9.17) is 45.3 Å². The van der Waals surface area contributed by atoms with Crippen molar-refractivity contribution < 1.29 is 14.3 Å². The standard InChI is InChI=1S/C15H18Cl3N3O3/c16-10-5-12(18)13(6-11(10)17)24-8-15(23)20-9-1-3-21(4-2-9)7-14(19)22/h5-6,9H,1-4,7-8H2,(H2,19,22)(H,20,23). The highest BCUT2D eigenvalue weighted by Gasteiger charge is 2.21. The van der Waals surface area contributed by atoms with E-state index in [0.717, 1.165) is 12.8 Å². The van der Waals surface area contributed by atoms with Crippen LogP contribution in [0.3, 0.4) is 0 Å². The summed E-state index contributed by atoms with van der Waals surface area (Å²) in [6.45, 7) is 1.51. The minimum absolute atomic E-state index is 0.0505. The van der Waals surface area contributed by atoms with Crippen molar-refractivity contribution in [1.82, 2.24) is 10.2 Å². The van der Waals surface area contributed by atoms with Crippen molar-refractivity contribution in [2.45, 2.75) is 18.9 Å². The Hall–Kier alpha value is -1.21. The summed E-state index contributed by atoms with van der Waals surface area (Å²) in [7, 11) is 0. The number of carbonyl (C=O) groups excluding carboxylic acids is 2. The third kappa shape index (κ3) is 5.70. The summed E-state index contributed by atoms with van der Waals surface area (Å²) in [6, 6.07) is 2.99. The zero-order chi connectivity index (χ0) is 17.7. The number of hydrogen-bond donors (Lipinski definition) is 2. The molecule has 1 saturated heterocycles. The summed E-state index contributed by atoms with van der Waals surface area (Å²) in [6.07, 6.45) is 1.51. The zero-order valence-corrected chi connectivity index (χ0v) is 15.1. The Bertz CT molecular complexity index is 619. The Morgan fingerprint density at radius 2 is 1.79 bits per heavy atom. The highest BCUT2D eigenvalue weighted by atomic mass is 35.5. The number of nitrogens with one attached hydrogen (secondary N) is 1. The number of amides is 2. The molecule has 0 aliphatic carbocycles. The average molecular weight is 395 g/mol. The molecular formula is C15H18Cl3N3O3. The molecule has 1 fully saturated rings. The number of halogens is 3. The first-order valence-electron chi connectivity index (χ1n) is 7.42. The molecule has 2 rings (SSSR count). The molecular weight excluding hydrogens is 377 g/mol. The van der Waals surface area contributed by atoms with Crippen LogP contribution in [0.1, 0.15) is 12.8 Å². The minimum Gasteiger partial charge on any atom is -0.482 e. The van der Waals surface area contributed by atoms with Gasteiger partial charge in [0.1, 0.15) is 5.75 Å². The maximum Gasteiger partial charge on any atom is 0.258 e. The number of piperidine rings is 1. The molecule has 0 unspecified atom stereocenters. The fraction of sp³-hybridized carbons (Fsp3) is 0.467. The van der Waals surface area contributed by atoms with Crippen LogP contribution in [-0.4, -0.2) is 49.0 Å². The molecule has 0 radical (unpaired) electrons. The van der Waals surface area contributed by atoms with Gasteiger partial charge in [-0.1, -0.05) is 34.8 Å². The van der Waals surface area contributed by atoms with Gasteiger partial charge in [-0.2, -0.15) is 0 Å². The van der Waals surface area contributed by atoms with Gasteiger partial charge in [-0.3, -0.25) is 14.5 Å². The molecule has 1 aromatic rings. The molecule has 3 N–H and O–H groups in total. The summed E-state index contributed by atoms with van der Waals surface area (Å²) in [5.74, 6) is -0.285. The third-order valence-corrected chi connectivity index (χ3v) is 4.68. The first-order valence-corrected chi connectivity index (χ1v) is 8.56. The maximum atomic E-state index is 12.0. The van der Waals surface area contributed by atoms with Crippen LogP contribution in [0.2, 0.25) is 15.1 Å². The quantitative estimate of drug-likeness (QED) is 0.724. The normalized spacial score (nSPS) is 16.0. The molecule has 6 nitrogen and oxygen atoms in total. The predicted octanol–water partition coefficient (Wildman–Crippen LogP) is 2.09. The number of likely N-dealkylation sites (tertiary alicyclic amines) is 1. The largest absolute Gasteiger partial charge is 0.482 e. The second-order valence-electron chi connectivity index (χ2n) is 5.57. The van der Waals surface area contributed by atoms with Crippen LogP contribution in [0.25, 0.3) is 0 Å². The summed E-state index contributed by atoms with van der Waals surface area (Å²) in [5, 5.41) is 3.81. The van der Waals surface area contributed by atoms with Crippen molar-refractivity contribution in [3.05, 3.63) is 27.2 Å². The lowest BCUT2D eigenvalue weighted by molar-refractivity contribution is -0.124. The van der Waals surface area contributed by atoms with E-state index in [0.29, 0.717) is 28.9 Å². The second-order valence-corrected chi connectivity index (χ2v) is 6.79. The summed E-state index contributed by atoms with van der Waals surface area (Å²) in [4.78, 5) is 24.8. The molecule has 1 aliphatic heterocycles. The Balaban J connectivity index is 1.76. The summed E-state index contributed by atoms with van der Waals surface area (Å²) in [5.41, 5.74) is 5.17. The average Bonchev–Trinajstić information content (AvgIpc) is 2.51. The summed E-state index contributed by atoms with van der Waals surface area (Å²) < 4.78 is 5.39. The van der Waals surface area contributed by atoms with Crippen molar-refractivity contribution in [2.75, 3.05) is 26.2 Å². The predicted molar refractivity (Wildman–Crippen MR) is 93.8 cm³/mol. The van der Waals surface area contributed by atoms with Crippen molar-refractivity contribution in [3.63, 3.8) is 0 Å². The number of ether oxygens (including phenoxy) is 1. The molecule has 0 saturated carbocycles. The van der Waals surface area contributed by atoms with Gasteiger partial charge in [0.25, 0.3) is 5.91 Å². The molecule has 9 heteroatoms. The van der Waals surface area contributed by atoms with Crippen molar-refractivity contribution in [1.29, 1.82) is 0 Å². The Morgan fingerprint density at radius 3 is 2.42 bits per heavy atom. The molecule has 132 valence electrons. The molecule has 2 amide bonds. The molecule has 1 aliphatic rings. The van der Waals surface area contributed by atoms with E-state index in [2.05, 4.69) is 5.32 Å². The summed E-state index contributed by atoms with van der Waals surface area (Å²) >= 11 is 17.7. The van der Waals surface area contributed by atoms with Gasteiger partial charge in [-0.25, -0.2) is 0 Å². The van der Waals surface area contributed by atoms with E-state index in [1.165, 1.54) is 12.1 Å². The van der Waals surface area contributed by atoms with Crippen LogP contribution in [0, 0.1) is 0 Å². The Morgan fingerprint density at radius 1 is 1.17 bits per heavy atom. The topological polar surface area (TPSA) is 84.7 Å². The smallest absolute Gasteiger partial charge is 0.258 e. The van der Waals surface area contributed by atoms with Crippen LogP contribution in [0.4, 0.5) is 0 Å². The second kappa shape index (κ2) is 8.76. The van der Waals surface area contributed by atoms with Gasteiger partial charge in [-0.05, 0) is 18.9 Å². The van der Waals surface area contributed by atoms with Crippen LogP contribution in [0.15, 0.2) is 12.1 Å². The third-order valence-electron chi connectivity index (χ3n) is 3.67. The molecule has 1 heterocycles. The van der Waals surface area contributed by atoms with E-state index in [9.17, 15) is 9.59 Å². The first-order chi connectivity index (χ1) is 11.3. The molecule has 0 spiro atoms. The molecule has 0 aromatic heterocycles. The van der Waals surface area contributed by atoms with Crippen molar-refractivity contribution >= 4 is 46.6 Å². The first kappa shape index (κ1) is 19.1. The molecule has 0 atom stereocenters. The fourth-order valence-electron chi connectivity index (χ4n) is 2.48. The van der Waals surface area contributed by atoms with E-state index in [-0.39, 0.29) is 36.0 Å². The number of rotatable bonds is 6. The number of nitrogens with zero attached hydrogens (tertiary/aromatic N) is 1. The van der Waals surface area contributed by atoms with Crippen LogP contribution in [-0.2, 0) is 9.59 Å². The van der Waals surface area contributed by atoms with Gasteiger partial charge >= 0.3 is 0 Å². The molecule has 0 bridgehead atoms. The van der Waals surface area contributed by atoms with E-state index >= 15 is 0 Å². The van der Waals surface area contributed by atoms with Gasteiger partial charge < -0.3 is 15.8 Å². The Labute approximate surface area is 155 Å². The number of carbonyl (C=O) groups is 2. The van der Waals surface area contributed by atoms with E-state index < -0.39 is 0 Å². The fourth-order valence-corrected chi connectivity index (χ4v) is 3.07. The van der Waals surface area contributed by atoms with Gasteiger partial charge in [-0.15, -0.1) is 0 Å². The van der Waals surface area contributed by atoms with Crippen LogP contribution < -0.4 is 15.8 Å². The van der Waals surface area contributed by atoms with Gasteiger partial charge in [0, 0.05) is 25.2 Å². The zero-order valence-electron chi connectivity index (χ0n) is 12.9. The van der Waals surface area contributed by atoms with Crippen LogP contribution >= 0.6 is 34.8 Å². The minimum atomic E-state index is -0.343. The molecule has 24 heavy (non-hydrogen) atoms. The number of benzene rings is 1. The lowest BCUT2D eigenvalue weighted by atomic mass is 10.1. The lowest BCUT2D eigenvalue weighted by Gasteiger charge is -2.31. The number of hydrogen-bond acceptors (Lipinski definition) is 4. The van der Waals surface area contributed by atoms with E-state index in [1.807, 2.05) is 4.90 Å². The maximum absolute atomic E-state index is 12.0. The highest BCUT2D eigenvalue weighted by molar-refractivity contribution is 6.43.